The fourth-order valence-electron chi connectivity index (χ4n) is 2.54. The standard InChI is InChI=1S/C13H23N3O3/c1-3-18-13(6-4-5-7-13)12-15-11(19-16-12)10-14-8-9-17-2/h14H,3-10H2,1-2H3. The molecule has 0 aromatic carbocycles. The summed E-state index contributed by atoms with van der Waals surface area (Å²) < 4.78 is 16.2. The van der Waals surface area contributed by atoms with Crippen molar-refractivity contribution in [3.05, 3.63) is 11.7 Å². The summed E-state index contributed by atoms with van der Waals surface area (Å²) in [5.74, 6) is 1.31. The van der Waals surface area contributed by atoms with E-state index in [1.54, 1.807) is 7.11 Å². The fourth-order valence-corrected chi connectivity index (χ4v) is 2.54. The summed E-state index contributed by atoms with van der Waals surface area (Å²) in [4.78, 5) is 4.47. The van der Waals surface area contributed by atoms with Crippen molar-refractivity contribution in [1.29, 1.82) is 0 Å². The van der Waals surface area contributed by atoms with Crippen LogP contribution in [0.1, 0.15) is 44.3 Å². The Kier molecular flexibility index (Phi) is 5.30. The van der Waals surface area contributed by atoms with Crippen LogP contribution < -0.4 is 5.32 Å². The summed E-state index contributed by atoms with van der Waals surface area (Å²) >= 11 is 0. The third-order valence-electron chi connectivity index (χ3n) is 3.47. The lowest BCUT2D eigenvalue weighted by atomic mass is 10.0. The number of nitrogens with one attached hydrogen (secondary N) is 1. The number of methoxy groups -OCH3 is 1. The van der Waals surface area contributed by atoms with Crippen molar-refractivity contribution < 1.29 is 14.0 Å². The van der Waals surface area contributed by atoms with Crippen molar-refractivity contribution in [2.24, 2.45) is 0 Å². The van der Waals surface area contributed by atoms with Crippen molar-refractivity contribution >= 4 is 0 Å². The maximum absolute atomic E-state index is 5.91. The summed E-state index contributed by atoms with van der Waals surface area (Å²) in [6.45, 7) is 4.69. The molecule has 1 heterocycles. The number of hydrogen-bond acceptors (Lipinski definition) is 6. The highest BCUT2D eigenvalue weighted by Crippen LogP contribution is 2.40. The molecule has 1 aromatic rings. The Morgan fingerprint density at radius 1 is 1.37 bits per heavy atom. The Labute approximate surface area is 113 Å². The predicted molar refractivity (Wildman–Crippen MR) is 69.7 cm³/mol. The first-order valence-corrected chi connectivity index (χ1v) is 6.97. The molecule has 1 aliphatic rings. The van der Waals surface area contributed by atoms with Crippen LogP contribution in [0.3, 0.4) is 0 Å². The summed E-state index contributed by atoms with van der Waals surface area (Å²) in [6.07, 6.45) is 4.29. The van der Waals surface area contributed by atoms with Gasteiger partial charge in [0.25, 0.3) is 0 Å². The minimum atomic E-state index is -0.316. The highest BCUT2D eigenvalue weighted by atomic mass is 16.5. The fraction of sp³-hybridized carbons (Fsp3) is 0.846. The lowest BCUT2D eigenvalue weighted by molar-refractivity contribution is -0.0469. The second-order valence-electron chi connectivity index (χ2n) is 4.82. The molecule has 0 bridgehead atoms. The summed E-state index contributed by atoms with van der Waals surface area (Å²) in [6, 6.07) is 0. The lowest BCUT2D eigenvalue weighted by Gasteiger charge is -2.24. The molecule has 2 rings (SSSR count). The van der Waals surface area contributed by atoms with Gasteiger partial charge in [-0.15, -0.1) is 0 Å². The number of nitrogens with zero attached hydrogens (tertiary/aromatic N) is 2. The zero-order valence-corrected chi connectivity index (χ0v) is 11.8. The highest BCUT2D eigenvalue weighted by molar-refractivity contribution is 5.04. The van der Waals surface area contributed by atoms with E-state index in [0.29, 0.717) is 31.5 Å². The Balaban J connectivity index is 1.94. The summed E-state index contributed by atoms with van der Waals surface area (Å²) in [5.41, 5.74) is -0.316. The van der Waals surface area contributed by atoms with Gasteiger partial charge in [0.2, 0.25) is 11.7 Å². The Morgan fingerprint density at radius 2 is 2.16 bits per heavy atom. The SMILES string of the molecule is CCOC1(c2noc(CNCCOC)n2)CCCC1. The van der Waals surface area contributed by atoms with Crippen molar-refractivity contribution in [3.63, 3.8) is 0 Å². The Bertz CT molecular complexity index is 375. The molecule has 108 valence electrons. The number of aromatic nitrogens is 2. The molecule has 1 fully saturated rings. The molecule has 0 spiro atoms. The van der Waals surface area contributed by atoms with Gasteiger partial charge in [0, 0.05) is 20.3 Å². The van der Waals surface area contributed by atoms with Crippen LogP contribution in [0.5, 0.6) is 0 Å². The molecule has 0 atom stereocenters. The second-order valence-corrected chi connectivity index (χ2v) is 4.82. The normalized spacial score (nSPS) is 18.0. The largest absolute Gasteiger partial charge is 0.383 e. The number of ether oxygens (including phenoxy) is 2. The van der Waals surface area contributed by atoms with Gasteiger partial charge in [-0.25, -0.2) is 0 Å². The Morgan fingerprint density at radius 3 is 2.84 bits per heavy atom. The van der Waals surface area contributed by atoms with Gasteiger partial charge in [-0.05, 0) is 32.6 Å². The van der Waals surface area contributed by atoms with Crippen LogP contribution in [0.25, 0.3) is 0 Å². The van der Waals surface area contributed by atoms with Gasteiger partial charge in [0.1, 0.15) is 5.60 Å². The van der Waals surface area contributed by atoms with E-state index >= 15 is 0 Å². The van der Waals surface area contributed by atoms with Gasteiger partial charge in [-0.2, -0.15) is 4.98 Å². The van der Waals surface area contributed by atoms with E-state index in [1.807, 2.05) is 6.92 Å². The molecule has 0 unspecified atom stereocenters. The maximum Gasteiger partial charge on any atom is 0.240 e. The molecular formula is C13H23N3O3. The molecule has 6 heteroatoms. The molecular weight excluding hydrogens is 246 g/mol. The van der Waals surface area contributed by atoms with Crippen LogP contribution in [-0.2, 0) is 21.6 Å². The van der Waals surface area contributed by atoms with Crippen molar-refractivity contribution in [3.8, 4) is 0 Å². The van der Waals surface area contributed by atoms with E-state index in [-0.39, 0.29) is 5.60 Å². The minimum Gasteiger partial charge on any atom is -0.383 e. The van der Waals surface area contributed by atoms with E-state index < -0.39 is 0 Å². The molecule has 0 radical (unpaired) electrons. The van der Waals surface area contributed by atoms with Gasteiger partial charge >= 0.3 is 0 Å². The quantitative estimate of drug-likeness (QED) is 0.723. The first-order chi connectivity index (χ1) is 9.30. The third kappa shape index (κ3) is 3.52. The average molecular weight is 269 g/mol. The van der Waals surface area contributed by atoms with Crippen LogP contribution in [0.4, 0.5) is 0 Å². The first kappa shape index (κ1) is 14.4. The molecule has 0 saturated heterocycles. The van der Waals surface area contributed by atoms with Crippen molar-refractivity contribution in [1.82, 2.24) is 15.5 Å². The van der Waals surface area contributed by atoms with Crippen LogP contribution in [0.2, 0.25) is 0 Å². The van der Waals surface area contributed by atoms with E-state index in [1.165, 1.54) is 0 Å². The zero-order valence-electron chi connectivity index (χ0n) is 11.8. The lowest BCUT2D eigenvalue weighted by Crippen LogP contribution is -2.28. The Hall–Kier alpha value is -0.980. The van der Waals surface area contributed by atoms with Crippen LogP contribution >= 0.6 is 0 Å². The number of hydrogen-bond donors (Lipinski definition) is 1. The highest BCUT2D eigenvalue weighted by Gasteiger charge is 2.40. The smallest absolute Gasteiger partial charge is 0.240 e. The van der Waals surface area contributed by atoms with Crippen LogP contribution in [0.15, 0.2) is 4.52 Å². The topological polar surface area (TPSA) is 69.4 Å². The van der Waals surface area contributed by atoms with Gasteiger partial charge in [0.15, 0.2) is 0 Å². The summed E-state index contributed by atoms with van der Waals surface area (Å²) in [5, 5.41) is 7.29. The third-order valence-corrected chi connectivity index (χ3v) is 3.47. The van der Waals surface area contributed by atoms with Gasteiger partial charge in [0.05, 0.1) is 13.2 Å². The molecule has 0 aliphatic heterocycles. The van der Waals surface area contributed by atoms with Crippen molar-refractivity contribution in [2.75, 3.05) is 26.9 Å². The average Bonchev–Trinajstić information content (AvgIpc) is 3.05. The van der Waals surface area contributed by atoms with E-state index in [4.69, 9.17) is 14.0 Å². The van der Waals surface area contributed by atoms with Gasteiger partial charge in [-0.3, -0.25) is 0 Å². The molecule has 0 amide bonds. The first-order valence-electron chi connectivity index (χ1n) is 6.97. The molecule has 1 saturated carbocycles. The van der Waals surface area contributed by atoms with Crippen LogP contribution in [0, 0.1) is 0 Å². The molecule has 1 N–H and O–H groups in total. The van der Waals surface area contributed by atoms with E-state index in [9.17, 15) is 0 Å². The second kappa shape index (κ2) is 6.98. The molecule has 6 nitrogen and oxygen atoms in total. The molecule has 1 aliphatic carbocycles. The van der Waals surface area contributed by atoms with Crippen LogP contribution in [-0.4, -0.2) is 37.0 Å². The summed E-state index contributed by atoms with van der Waals surface area (Å²) in [7, 11) is 1.68. The zero-order chi connectivity index (χ0) is 13.6. The minimum absolute atomic E-state index is 0.316. The van der Waals surface area contributed by atoms with Gasteiger partial charge in [-0.1, -0.05) is 5.16 Å². The number of rotatable bonds is 8. The van der Waals surface area contributed by atoms with Gasteiger partial charge < -0.3 is 19.3 Å². The van der Waals surface area contributed by atoms with E-state index in [0.717, 1.165) is 32.2 Å². The molecule has 1 aromatic heterocycles. The van der Waals surface area contributed by atoms with Crippen molar-refractivity contribution in [2.45, 2.75) is 44.8 Å². The van der Waals surface area contributed by atoms with E-state index in [2.05, 4.69) is 15.5 Å². The monoisotopic (exact) mass is 269 g/mol. The molecule has 19 heavy (non-hydrogen) atoms. The predicted octanol–water partition coefficient (Wildman–Crippen LogP) is 1.61. The maximum atomic E-state index is 5.91.